The first-order chi connectivity index (χ1) is 14.6. The normalized spacial score (nSPS) is 13.5. The molecule has 3 unspecified atom stereocenters. The topological polar surface area (TPSA) is 78.8 Å². The summed E-state index contributed by atoms with van der Waals surface area (Å²) >= 11 is 0. The zero-order valence-electron chi connectivity index (χ0n) is 16.6. The molecule has 0 aromatic heterocycles. The SMILES string of the molecule is O=C(NC(CC(O)C(O)CCc1ccccc1)c1ccccc1)Oc1c#cccc1. The molecule has 0 bridgehead atoms. The number of carbonyl (C=O) groups excluding carboxylic acids is 1. The Balaban J connectivity index is 1.61. The minimum absolute atomic E-state index is 0.152. The zero-order valence-corrected chi connectivity index (χ0v) is 16.6. The van der Waals surface area contributed by atoms with Crippen LogP contribution in [0.25, 0.3) is 0 Å². The highest BCUT2D eigenvalue weighted by molar-refractivity contribution is 5.70. The summed E-state index contributed by atoms with van der Waals surface area (Å²) in [6.45, 7) is 0. The van der Waals surface area contributed by atoms with E-state index in [1.54, 1.807) is 18.2 Å². The Hall–Kier alpha value is -3.33. The number of aliphatic hydroxyl groups is 2. The van der Waals surface area contributed by atoms with Crippen LogP contribution in [0.5, 0.6) is 5.75 Å². The van der Waals surface area contributed by atoms with Gasteiger partial charge in [0.1, 0.15) is 0 Å². The number of rotatable bonds is 9. The summed E-state index contributed by atoms with van der Waals surface area (Å²) in [5.74, 6) is 0.255. The van der Waals surface area contributed by atoms with Gasteiger partial charge in [0.05, 0.1) is 18.2 Å². The van der Waals surface area contributed by atoms with Crippen LogP contribution in [0.4, 0.5) is 4.79 Å². The van der Waals surface area contributed by atoms with Crippen LogP contribution >= 0.6 is 0 Å². The lowest BCUT2D eigenvalue weighted by molar-refractivity contribution is 0.00450. The Morgan fingerprint density at radius 1 is 0.933 bits per heavy atom. The van der Waals surface area contributed by atoms with Crippen LogP contribution in [-0.2, 0) is 6.42 Å². The molecule has 154 valence electrons. The molecule has 0 saturated heterocycles. The van der Waals surface area contributed by atoms with Crippen molar-refractivity contribution in [3.05, 3.63) is 102 Å². The second kappa shape index (κ2) is 11.0. The van der Waals surface area contributed by atoms with E-state index in [0.29, 0.717) is 12.8 Å². The molecule has 5 nitrogen and oxygen atoms in total. The van der Waals surface area contributed by atoms with Crippen LogP contribution in [0.15, 0.2) is 78.9 Å². The molecule has 0 fully saturated rings. The van der Waals surface area contributed by atoms with Gasteiger partial charge in [-0.2, -0.15) is 0 Å². The van der Waals surface area contributed by atoms with Crippen molar-refractivity contribution in [3.63, 3.8) is 0 Å². The van der Waals surface area contributed by atoms with Crippen LogP contribution in [0, 0.1) is 12.1 Å². The molecule has 0 aliphatic heterocycles. The fourth-order valence-electron chi connectivity index (χ4n) is 3.18. The molecule has 0 aliphatic rings. The highest BCUT2D eigenvalue weighted by Gasteiger charge is 2.24. The van der Waals surface area contributed by atoms with E-state index in [0.717, 1.165) is 11.1 Å². The number of nitrogens with one attached hydrogen (secondary N) is 1. The van der Waals surface area contributed by atoms with Crippen LogP contribution in [0.3, 0.4) is 0 Å². The van der Waals surface area contributed by atoms with Gasteiger partial charge in [0, 0.05) is 6.42 Å². The van der Waals surface area contributed by atoms with Crippen molar-refractivity contribution in [1.29, 1.82) is 0 Å². The minimum Gasteiger partial charge on any atom is -0.401 e. The van der Waals surface area contributed by atoms with E-state index in [-0.39, 0.29) is 12.2 Å². The number of benzene rings is 2. The quantitative estimate of drug-likeness (QED) is 0.507. The van der Waals surface area contributed by atoms with E-state index in [2.05, 4.69) is 17.4 Å². The smallest absolute Gasteiger partial charge is 0.401 e. The standard InChI is InChI=1S/C25H25NO4/c27-23(17-16-19-10-4-1-5-11-19)24(28)18-22(20-12-6-2-7-13-20)26-25(29)30-21-14-8-3-9-15-21/h1-8,10-14,22-24,27-28H,16-18H2,(H,26,29). The van der Waals surface area contributed by atoms with Gasteiger partial charge in [0.2, 0.25) is 0 Å². The van der Waals surface area contributed by atoms with Crippen LogP contribution in [0.2, 0.25) is 0 Å². The molecule has 0 aliphatic carbocycles. The van der Waals surface area contributed by atoms with Gasteiger partial charge in [0.25, 0.3) is 0 Å². The van der Waals surface area contributed by atoms with Gasteiger partial charge in [-0.3, -0.25) is 0 Å². The van der Waals surface area contributed by atoms with Gasteiger partial charge in [-0.1, -0.05) is 66.7 Å². The first-order valence-electron chi connectivity index (χ1n) is 9.93. The molecule has 1 amide bonds. The number of aliphatic hydroxyl groups excluding tert-OH is 2. The van der Waals surface area contributed by atoms with Crippen LogP contribution < -0.4 is 10.1 Å². The van der Waals surface area contributed by atoms with E-state index in [4.69, 9.17) is 4.74 Å². The van der Waals surface area contributed by atoms with Gasteiger partial charge < -0.3 is 20.3 Å². The molecular weight excluding hydrogens is 378 g/mol. The van der Waals surface area contributed by atoms with Crippen LogP contribution in [0.1, 0.15) is 30.0 Å². The number of hydrogen-bond donors (Lipinski definition) is 3. The monoisotopic (exact) mass is 403 g/mol. The third kappa shape index (κ3) is 6.63. The van der Waals surface area contributed by atoms with Crippen molar-refractivity contribution in [2.45, 2.75) is 37.5 Å². The van der Waals surface area contributed by atoms with Gasteiger partial charge >= 0.3 is 6.09 Å². The number of carbonyl (C=O) groups is 1. The Kier molecular flexibility index (Phi) is 7.85. The fraction of sp³-hybridized carbons (Fsp3) is 0.240. The van der Waals surface area contributed by atoms with E-state index >= 15 is 0 Å². The summed E-state index contributed by atoms with van der Waals surface area (Å²) < 4.78 is 5.23. The number of hydrogen-bond acceptors (Lipinski definition) is 4. The van der Waals surface area contributed by atoms with Crippen molar-refractivity contribution >= 4 is 6.09 Å². The molecular formula is C25H25NO4. The van der Waals surface area contributed by atoms with Crippen LogP contribution in [-0.4, -0.2) is 28.5 Å². The molecule has 3 atom stereocenters. The maximum absolute atomic E-state index is 12.3. The van der Waals surface area contributed by atoms with E-state index < -0.39 is 24.3 Å². The molecule has 3 rings (SSSR count). The highest BCUT2D eigenvalue weighted by Crippen LogP contribution is 2.22. The maximum atomic E-state index is 12.3. The van der Waals surface area contributed by atoms with Crippen molar-refractivity contribution in [2.24, 2.45) is 0 Å². The molecule has 0 heterocycles. The Bertz CT molecular complexity index is 887. The predicted molar refractivity (Wildman–Crippen MR) is 114 cm³/mol. The highest BCUT2D eigenvalue weighted by atomic mass is 16.6. The lowest BCUT2D eigenvalue weighted by Crippen LogP contribution is -2.36. The van der Waals surface area contributed by atoms with Crippen molar-refractivity contribution in [2.75, 3.05) is 0 Å². The number of amides is 1. The van der Waals surface area contributed by atoms with E-state index in [9.17, 15) is 15.0 Å². The lowest BCUT2D eigenvalue weighted by atomic mass is 9.95. The van der Waals surface area contributed by atoms with Gasteiger partial charge in [-0.25, -0.2) is 4.79 Å². The second-order valence-corrected chi connectivity index (χ2v) is 7.05. The van der Waals surface area contributed by atoms with E-state index in [1.165, 1.54) is 0 Å². The first kappa shape index (κ1) is 21.4. The Morgan fingerprint density at radius 3 is 2.30 bits per heavy atom. The van der Waals surface area contributed by atoms with Crippen molar-refractivity contribution in [1.82, 2.24) is 5.32 Å². The first-order valence-corrected chi connectivity index (χ1v) is 9.93. The molecule has 3 aromatic carbocycles. The van der Waals surface area contributed by atoms with Gasteiger partial charge in [-0.15, -0.1) is 0 Å². The molecule has 0 saturated carbocycles. The predicted octanol–water partition coefficient (Wildman–Crippen LogP) is 3.86. The summed E-state index contributed by atoms with van der Waals surface area (Å²) in [6, 6.07) is 29.0. The summed E-state index contributed by atoms with van der Waals surface area (Å²) in [7, 11) is 0. The Labute approximate surface area is 177 Å². The summed E-state index contributed by atoms with van der Waals surface area (Å²) in [5, 5.41) is 23.8. The molecule has 0 spiro atoms. The third-order valence-electron chi connectivity index (χ3n) is 4.81. The summed E-state index contributed by atoms with van der Waals surface area (Å²) in [4.78, 5) is 12.3. The third-order valence-corrected chi connectivity index (χ3v) is 4.81. The molecule has 3 aromatic rings. The molecule has 5 heteroatoms. The summed E-state index contributed by atoms with van der Waals surface area (Å²) in [5.41, 5.74) is 1.91. The largest absolute Gasteiger partial charge is 0.413 e. The maximum Gasteiger partial charge on any atom is 0.413 e. The molecule has 30 heavy (non-hydrogen) atoms. The number of aryl methyl sites for hydroxylation is 1. The zero-order chi connectivity index (χ0) is 21.2. The molecule has 3 N–H and O–H groups in total. The lowest BCUT2D eigenvalue weighted by Gasteiger charge is -2.24. The van der Waals surface area contributed by atoms with E-state index in [1.807, 2.05) is 60.7 Å². The second-order valence-electron chi connectivity index (χ2n) is 7.05. The molecule has 0 radical (unpaired) electrons. The van der Waals surface area contributed by atoms with Gasteiger partial charge in [0.15, 0.2) is 5.75 Å². The fourth-order valence-corrected chi connectivity index (χ4v) is 3.18. The van der Waals surface area contributed by atoms with Crippen molar-refractivity contribution in [3.8, 4) is 5.75 Å². The number of ether oxygens (including phenoxy) is 1. The average molecular weight is 403 g/mol. The van der Waals surface area contributed by atoms with Crippen molar-refractivity contribution < 1.29 is 19.7 Å². The average Bonchev–Trinajstić information content (AvgIpc) is 2.79. The summed E-state index contributed by atoms with van der Waals surface area (Å²) in [6.07, 6.45) is -1.34. The Morgan fingerprint density at radius 2 is 1.63 bits per heavy atom. The van der Waals surface area contributed by atoms with Gasteiger partial charge in [-0.05, 0) is 48.2 Å². The minimum atomic E-state index is -1.00.